The highest BCUT2D eigenvalue weighted by Crippen LogP contribution is 2.38. The van der Waals surface area contributed by atoms with Crippen LogP contribution in [-0.2, 0) is 21.9 Å². The van der Waals surface area contributed by atoms with Gasteiger partial charge in [-0.3, -0.25) is 19.5 Å². The van der Waals surface area contributed by atoms with Crippen molar-refractivity contribution in [3.05, 3.63) is 89.0 Å². The number of rotatable bonds is 8. The summed E-state index contributed by atoms with van der Waals surface area (Å²) in [6.07, 6.45) is 4.94. The molecule has 1 aromatic carbocycles. The molecule has 0 bridgehead atoms. The van der Waals surface area contributed by atoms with E-state index >= 15 is 0 Å². The first-order valence-electron chi connectivity index (χ1n) is 9.94. The quantitative estimate of drug-likeness (QED) is 0.480. The van der Waals surface area contributed by atoms with E-state index in [-0.39, 0.29) is 24.5 Å². The first kappa shape index (κ1) is 20.9. The highest BCUT2D eigenvalue weighted by atomic mass is 32.2. The Hall–Kier alpha value is -3.32. The largest absolute Gasteiger partial charge is 0.491 e. The van der Waals surface area contributed by atoms with Gasteiger partial charge < -0.3 is 9.15 Å². The number of benzene rings is 1. The average Bonchev–Trinajstić information content (AvgIpc) is 3.36. The Balaban J connectivity index is 1.65. The van der Waals surface area contributed by atoms with E-state index in [4.69, 9.17) is 9.15 Å². The van der Waals surface area contributed by atoms with Gasteiger partial charge in [0.2, 0.25) is 0 Å². The molecule has 1 aliphatic heterocycles. The molecule has 4 rings (SSSR count). The number of carbonyl (C=O) groups excluding carboxylic acids is 2. The Kier molecular flexibility index (Phi) is 6.23. The molecule has 0 N–H and O–H groups in total. The summed E-state index contributed by atoms with van der Waals surface area (Å²) in [6.45, 7) is 4.11. The third-order valence-electron chi connectivity index (χ3n) is 4.67. The zero-order chi connectivity index (χ0) is 21.8. The van der Waals surface area contributed by atoms with Crippen LogP contribution in [0.3, 0.4) is 0 Å². The van der Waals surface area contributed by atoms with Crippen molar-refractivity contribution in [1.82, 2.24) is 9.88 Å². The maximum Gasteiger partial charge on any atom is 0.268 e. The molecule has 0 radical (unpaired) electrons. The van der Waals surface area contributed by atoms with Gasteiger partial charge in [0.1, 0.15) is 11.5 Å². The number of amides is 2. The second-order valence-electron chi connectivity index (χ2n) is 7.32. The van der Waals surface area contributed by atoms with Gasteiger partial charge in [-0.25, -0.2) is 0 Å². The van der Waals surface area contributed by atoms with Crippen molar-refractivity contribution >= 4 is 29.1 Å². The van der Waals surface area contributed by atoms with Crippen LogP contribution in [0.15, 0.2) is 76.5 Å². The fraction of sp³-hybridized carbons (Fsp3) is 0.208. The van der Waals surface area contributed by atoms with Crippen molar-refractivity contribution in [2.24, 2.45) is 0 Å². The second-order valence-corrected chi connectivity index (χ2v) is 8.30. The Morgan fingerprint density at radius 3 is 2.42 bits per heavy atom. The smallest absolute Gasteiger partial charge is 0.268 e. The predicted octanol–water partition coefficient (Wildman–Crippen LogP) is 4.68. The van der Waals surface area contributed by atoms with Crippen LogP contribution in [0.1, 0.15) is 30.7 Å². The van der Waals surface area contributed by atoms with Crippen LogP contribution in [0.5, 0.6) is 5.75 Å². The average molecular weight is 435 g/mol. The van der Waals surface area contributed by atoms with E-state index in [1.165, 1.54) is 16.7 Å². The normalized spacial score (nSPS) is 14.1. The summed E-state index contributed by atoms with van der Waals surface area (Å²) in [5, 5.41) is 0. The number of nitrogens with zero attached hydrogens (tertiary/aromatic N) is 2. The van der Waals surface area contributed by atoms with Crippen molar-refractivity contribution in [1.29, 1.82) is 0 Å². The van der Waals surface area contributed by atoms with Crippen LogP contribution in [-0.4, -0.2) is 27.8 Å². The van der Waals surface area contributed by atoms with E-state index in [1.54, 1.807) is 36.9 Å². The van der Waals surface area contributed by atoms with E-state index in [0.29, 0.717) is 21.8 Å². The molecule has 0 atom stereocenters. The molecule has 3 heterocycles. The van der Waals surface area contributed by atoms with Crippen LogP contribution in [0, 0.1) is 0 Å². The van der Waals surface area contributed by atoms with Crippen molar-refractivity contribution in [3.8, 4) is 5.75 Å². The third kappa shape index (κ3) is 4.72. The molecule has 158 valence electrons. The standard InChI is InChI=1S/C24H22N2O4S/c1-16(2)30-19-7-5-18(6-8-19)21-22(31-15-20-4-3-13-29-20)24(28)26(23(21)27)14-17-9-11-25-12-10-17/h3-13,16H,14-15H2,1-2H3. The summed E-state index contributed by atoms with van der Waals surface area (Å²) < 4.78 is 11.1. The van der Waals surface area contributed by atoms with Gasteiger partial charge in [0.05, 0.1) is 35.1 Å². The lowest BCUT2D eigenvalue weighted by Gasteiger charge is -2.15. The fourth-order valence-electron chi connectivity index (χ4n) is 3.27. The number of thioether (sulfide) groups is 1. The monoisotopic (exact) mass is 434 g/mol. The summed E-state index contributed by atoms with van der Waals surface area (Å²) in [4.78, 5) is 32.3. The van der Waals surface area contributed by atoms with E-state index < -0.39 is 0 Å². The van der Waals surface area contributed by atoms with Crippen LogP contribution < -0.4 is 4.74 Å². The van der Waals surface area contributed by atoms with Gasteiger partial charge in [-0.15, -0.1) is 11.8 Å². The number of aromatic nitrogens is 1. The number of hydrogen-bond acceptors (Lipinski definition) is 6. The molecule has 0 spiro atoms. The molecule has 31 heavy (non-hydrogen) atoms. The minimum Gasteiger partial charge on any atom is -0.491 e. The molecule has 7 heteroatoms. The lowest BCUT2D eigenvalue weighted by molar-refractivity contribution is -0.137. The fourth-order valence-corrected chi connectivity index (χ4v) is 4.30. The number of furan rings is 1. The number of carbonyl (C=O) groups is 2. The molecule has 3 aromatic rings. The first-order chi connectivity index (χ1) is 15.0. The lowest BCUT2D eigenvalue weighted by atomic mass is 10.1. The molecular weight excluding hydrogens is 412 g/mol. The predicted molar refractivity (Wildman–Crippen MR) is 119 cm³/mol. The van der Waals surface area contributed by atoms with E-state index in [0.717, 1.165) is 17.1 Å². The maximum absolute atomic E-state index is 13.3. The number of imide groups is 1. The molecule has 0 saturated carbocycles. The Bertz CT molecular complexity index is 1090. The summed E-state index contributed by atoms with van der Waals surface area (Å²) in [6, 6.07) is 14.5. The Morgan fingerprint density at radius 1 is 1.03 bits per heavy atom. The highest BCUT2D eigenvalue weighted by molar-refractivity contribution is 8.03. The van der Waals surface area contributed by atoms with E-state index in [9.17, 15) is 9.59 Å². The SMILES string of the molecule is CC(C)Oc1ccc(C2=C(SCc3ccco3)C(=O)N(Cc3ccncc3)C2=O)cc1. The van der Waals surface area contributed by atoms with Gasteiger partial charge in [0, 0.05) is 12.4 Å². The van der Waals surface area contributed by atoms with Gasteiger partial charge in [-0.05, 0) is 61.4 Å². The number of pyridine rings is 1. The summed E-state index contributed by atoms with van der Waals surface area (Å²) in [5.74, 6) is 1.32. The highest BCUT2D eigenvalue weighted by Gasteiger charge is 2.39. The van der Waals surface area contributed by atoms with Gasteiger partial charge in [-0.2, -0.15) is 0 Å². The molecular formula is C24H22N2O4S. The summed E-state index contributed by atoms with van der Waals surface area (Å²) in [7, 11) is 0. The molecule has 0 aliphatic carbocycles. The lowest BCUT2D eigenvalue weighted by Crippen LogP contribution is -2.30. The Morgan fingerprint density at radius 2 is 1.77 bits per heavy atom. The van der Waals surface area contributed by atoms with Crippen molar-refractivity contribution < 1.29 is 18.7 Å². The summed E-state index contributed by atoms with van der Waals surface area (Å²) in [5.41, 5.74) is 1.94. The minimum atomic E-state index is -0.304. The topological polar surface area (TPSA) is 72.6 Å². The first-order valence-corrected chi connectivity index (χ1v) is 10.9. The number of ether oxygens (including phenoxy) is 1. The zero-order valence-electron chi connectivity index (χ0n) is 17.3. The molecule has 0 saturated heterocycles. The Labute approximate surface area is 184 Å². The zero-order valence-corrected chi connectivity index (χ0v) is 18.1. The minimum absolute atomic E-state index is 0.0509. The molecule has 0 unspecified atom stereocenters. The van der Waals surface area contributed by atoms with Crippen LogP contribution in [0.4, 0.5) is 0 Å². The summed E-state index contributed by atoms with van der Waals surface area (Å²) >= 11 is 1.32. The molecule has 1 aliphatic rings. The maximum atomic E-state index is 13.3. The van der Waals surface area contributed by atoms with Gasteiger partial charge in [-0.1, -0.05) is 12.1 Å². The van der Waals surface area contributed by atoms with E-state index in [2.05, 4.69) is 4.98 Å². The second kappa shape index (κ2) is 9.22. The van der Waals surface area contributed by atoms with Crippen LogP contribution >= 0.6 is 11.8 Å². The van der Waals surface area contributed by atoms with Crippen LogP contribution in [0.2, 0.25) is 0 Å². The van der Waals surface area contributed by atoms with Gasteiger partial charge in [0.15, 0.2) is 0 Å². The molecule has 0 fully saturated rings. The third-order valence-corrected chi connectivity index (χ3v) is 5.77. The van der Waals surface area contributed by atoms with Crippen molar-refractivity contribution in [2.45, 2.75) is 32.2 Å². The van der Waals surface area contributed by atoms with E-state index in [1.807, 2.05) is 44.2 Å². The van der Waals surface area contributed by atoms with Gasteiger partial charge >= 0.3 is 0 Å². The number of hydrogen-bond donors (Lipinski definition) is 0. The molecule has 2 aromatic heterocycles. The van der Waals surface area contributed by atoms with Crippen LogP contribution in [0.25, 0.3) is 5.57 Å². The van der Waals surface area contributed by atoms with Gasteiger partial charge in [0.25, 0.3) is 11.8 Å². The molecule has 2 amide bonds. The van der Waals surface area contributed by atoms with Crippen molar-refractivity contribution in [3.63, 3.8) is 0 Å². The van der Waals surface area contributed by atoms with Crippen molar-refractivity contribution in [2.75, 3.05) is 0 Å². The molecule has 6 nitrogen and oxygen atoms in total.